The third-order valence-corrected chi connectivity index (χ3v) is 5.79. The Morgan fingerprint density at radius 3 is 2.12 bits per heavy atom. The van der Waals surface area contributed by atoms with Crippen LogP contribution in [0.15, 0.2) is 36.4 Å². The number of nitrogens with two attached hydrogens (primary N) is 2. The second kappa shape index (κ2) is 16.1. The van der Waals surface area contributed by atoms with Crippen molar-refractivity contribution in [2.75, 3.05) is 18.4 Å². The van der Waals surface area contributed by atoms with Gasteiger partial charge < -0.3 is 37.5 Å². The standard InChI is InChI=1S/C26H33N7O9/c1-15(34)42-14-16-4-6-17(7-5-16)30-24(39)18(3-2-11-29-26(28)41)32-25(40)19(13-20(27)35)31-21(36)10-12-33-22(37)8-9-23(33)38/h4-9,18-19H,2-3,10-14H2,1H3,(H2,27,35)(H,30,39)(H,31,36)(H,32,40)(H3,28,29,41)/t18-,19-/m0/s1. The van der Waals surface area contributed by atoms with E-state index in [2.05, 4.69) is 21.3 Å². The predicted molar refractivity (Wildman–Crippen MR) is 146 cm³/mol. The molecule has 2 atom stereocenters. The molecule has 0 aliphatic carbocycles. The maximum Gasteiger partial charge on any atom is 0.312 e. The first kappa shape index (κ1) is 32.9. The Kier molecular flexibility index (Phi) is 12.6. The molecule has 0 saturated heterocycles. The summed E-state index contributed by atoms with van der Waals surface area (Å²) in [4.78, 5) is 96.5. The van der Waals surface area contributed by atoms with Gasteiger partial charge in [0.2, 0.25) is 23.6 Å². The van der Waals surface area contributed by atoms with E-state index >= 15 is 0 Å². The van der Waals surface area contributed by atoms with Crippen molar-refractivity contribution >= 4 is 53.1 Å². The highest BCUT2D eigenvalue weighted by Gasteiger charge is 2.29. The Hall–Kier alpha value is -5.28. The SMILES string of the molecule is CC(=O)OCc1ccc(NC(=O)[C@H](CCCNC(N)=O)NC(=O)[C@H](CC(N)=O)NC(=O)CCN2C(=O)C=CC2=O)cc1. The van der Waals surface area contributed by atoms with Gasteiger partial charge in [-0.1, -0.05) is 12.1 Å². The molecule has 0 aromatic heterocycles. The fraction of sp³-hybridized carbons (Fsp3) is 0.385. The van der Waals surface area contributed by atoms with E-state index in [4.69, 9.17) is 16.2 Å². The van der Waals surface area contributed by atoms with Gasteiger partial charge in [0, 0.05) is 44.3 Å². The van der Waals surface area contributed by atoms with Crippen molar-refractivity contribution < 1.29 is 43.1 Å². The zero-order valence-electron chi connectivity index (χ0n) is 22.8. The molecule has 1 aromatic carbocycles. The molecule has 16 nitrogen and oxygen atoms in total. The Labute approximate surface area is 240 Å². The second-order valence-electron chi connectivity index (χ2n) is 9.16. The molecule has 0 spiro atoms. The lowest BCUT2D eigenvalue weighted by Crippen LogP contribution is -2.54. The van der Waals surface area contributed by atoms with Gasteiger partial charge in [-0.05, 0) is 30.5 Å². The zero-order chi connectivity index (χ0) is 31.2. The minimum atomic E-state index is -1.46. The number of anilines is 1. The number of benzene rings is 1. The fourth-order valence-corrected chi connectivity index (χ4v) is 3.70. The fourth-order valence-electron chi connectivity index (χ4n) is 3.70. The summed E-state index contributed by atoms with van der Waals surface area (Å²) >= 11 is 0. The van der Waals surface area contributed by atoms with Gasteiger partial charge in [0.1, 0.15) is 18.7 Å². The van der Waals surface area contributed by atoms with Crippen molar-refractivity contribution in [3.05, 3.63) is 42.0 Å². The largest absolute Gasteiger partial charge is 0.461 e. The van der Waals surface area contributed by atoms with Crippen LogP contribution in [0, 0.1) is 0 Å². The average Bonchev–Trinajstić information content (AvgIpc) is 3.24. The molecule has 16 heteroatoms. The first-order valence-electron chi connectivity index (χ1n) is 12.8. The molecule has 1 aliphatic rings. The van der Waals surface area contributed by atoms with Crippen LogP contribution in [-0.2, 0) is 44.9 Å². The van der Waals surface area contributed by atoms with Gasteiger partial charge >= 0.3 is 12.0 Å². The lowest BCUT2D eigenvalue weighted by molar-refractivity contribution is -0.142. The molecule has 1 heterocycles. The number of hydrogen-bond donors (Lipinski definition) is 6. The minimum Gasteiger partial charge on any atom is -0.461 e. The van der Waals surface area contributed by atoms with Gasteiger partial charge in [0.05, 0.1) is 6.42 Å². The summed E-state index contributed by atoms with van der Waals surface area (Å²) in [5.74, 6) is -4.81. The second-order valence-corrected chi connectivity index (χ2v) is 9.16. The first-order valence-corrected chi connectivity index (χ1v) is 12.8. The monoisotopic (exact) mass is 587 g/mol. The molecule has 0 radical (unpaired) electrons. The van der Waals surface area contributed by atoms with Crippen molar-refractivity contribution in [2.45, 2.75) is 51.3 Å². The number of ether oxygens (including phenoxy) is 1. The van der Waals surface area contributed by atoms with Crippen molar-refractivity contribution in [1.82, 2.24) is 20.9 Å². The number of imide groups is 1. The Morgan fingerprint density at radius 2 is 1.55 bits per heavy atom. The summed E-state index contributed by atoms with van der Waals surface area (Å²) < 4.78 is 4.92. The van der Waals surface area contributed by atoms with Crippen LogP contribution in [0.2, 0.25) is 0 Å². The maximum absolute atomic E-state index is 13.1. The Balaban J connectivity index is 2.07. The minimum absolute atomic E-state index is 0.0335. The lowest BCUT2D eigenvalue weighted by atomic mass is 10.1. The van der Waals surface area contributed by atoms with E-state index in [1.54, 1.807) is 24.3 Å². The molecule has 2 rings (SSSR count). The molecular formula is C26H33N7O9. The number of nitrogens with one attached hydrogen (secondary N) is 4. The van der Waals surface area contributed by atoms with E-state index in [0.717, 1.165) is 17.1 Å². The molecule has 0 unspecified atom stereocenters. The topological polar surface area (TPSA) is 249 Å². The summed E-state index contributed by atoms with van der Waals surface area (Å²) in [5, 5.41) is 9.84. The van der Waals surface area contributed by atoms with Crippen LogP contribution in [0.5, 0.6) is 0 Å². The number of esters is 1. The van der Waals surface area contributed by atoms with Crippen LogP contribution >= 0.6 is 0 Å². The number of urea groups is 1. The third-order valence-electron chi connectivity index (χ3n) is 5.79. The van der Waals surface area contributed by atoms with Crippen LogP contribution in [-0.4, -0.2) is 77.5 Å². The van der Waals surface area contributed by atoms with E-state index in [1.165, 1.54) is 6.92 Å². The number of nitrogens with zero attached hydrogens (tertiary/aromatic N) is 1. The summed E-state index contributed by atoms with van der Waals surface area (Å²) in [6, 6.07) is 2.97. The van der Waals surface area contributed by atoms with E-state index in [0.29, 0.717) is 11.3 Å². The number of hydrogen-bond acceptors (Lipinski definition) is 9. The predicted octanol–water partition coefficient (Wildman–Crippen LogP) is -1.70. The molecule has 226 valence electrons. The molecule has 8 N–H and O–H groups in total. The van der Waals surface area contributed by atoms with E-state index in [-0.39, 0.29) is 39.0 Å². The summed E-state index contributed by atoms with van der Waals surface area (Å²) in [6.07, 6.45) is 1.43. The third kappa shape index (κ3) is 11.4. The number of rotatable bonds is 16. The Bertz CT molecular complexity index is 1230. The normalized spacial score (nSPS) is 13.6. The van der Waals surface area contributed by atoms with Crippen LogP contribution in [0.3, 0.4) is 0 Å². The smallest absolute Gasteiger partial charge is 0.312 e. The molecule has 0 fully saturated rings. The Morgan fingerprint density at radius 1 is 0.905 bits per heavy atom. The van der Waals surface area contributed by atoms with E-state index in [1.807, 2.05) is 0 Å². The van der Waals surface area contributed by atoms with Gasteiger partial charge in [-0.15, -0.1) is 0 Å². The van der Waals surface area contributed by atoms with Crippen LogP contribution in [0.1, 0.15) is 38.2 Å². The molecule has 42 heavy (non-hydrogen) atoms. The molecule has 1 aromatic rings. The van der Waals surface area contributed by atoms with Gasteiger partial charge in [0.15, 0.2) is 0 Å². The highest BCUT2D eigenvalue weighted by Crippen LogP contribution is 2.12. The van der Waals surface area contributed by atoms with Crippen LogP contribution in [0.25, 0.3) is 0 Å². The maximum atomic E-state index is 13.1. The van der Waals surface area contributed by atoms with Gasteiger partial charge in [0.25, 0.3) is 11.8 Å². The summed E-state index contributed by atoms with van der Waals surface area (Å²) in [7, 11) is 0. The molecular weight excluding hydrogens is 554 g/mol. The molecule has 1 aliphatic heterocycles. The number of amides is 8. The van der Waals surface area contributed by atoms with Gasteiger partial charge in [-0.25, -0.2) is 4.79 Å². The quantitative estimate of drug-likeness (QED) is 0.0731. The number of primary amides is 2. The summed E-state index contributed by atoms with van der Waals surface area (Å²) in [6.45, 7) is 1.17. The van der Waals surface area contributed by atoms with Gasteiger partial charge in [-0.2, -0.15) is 0 Å². The van der Waals surface area contributed by atoms with Crippen molar-refractivity contribution in [1.29, 1.82) is 0 Å². The number of carbonyl (C=O) groups excluding carboxylic acids is 8. The summed E-state index contributed by atoms with van der Waals surface area (Å²) in [5.41, 5.74) is 11.3. The molecule has 8 amide bonds. The molecule has 0 bridgehead atoms. The van der Waals surface area contributed by atoms with Crippen LogP contribution in [0.4, 0.5) is 10.5 Å². The van der Waals surface area contributed by atoms with E-state index in [9.17, 15) is 38.4 Å². The zero-order valence-corrected chi connectivity index (χ0v) is 22.8. The number of carbonyl (C=O) groups is 8. The molecule has 0 saturated carbocycles. The first-order chi connectivity index (χ1) is 19.8. The average molecular weight is 588 g/mol. The van der Waals surface area contributed by atoms with Crippen molar-refractivity contribution in [2.24, 2.45) is 11.5 Å². The lowest BCUT2D eigenvalue weighted by Gasteiger charge is -2.23. The van der Waals surface area contributed by atoms with Gasteiger partial charge in [-0.3, -0.25) is 38.5 Å². The van der Waals surface area contributed by atoms with Crippen LogP contribution < -0.4 is 32.7 Å². The van der Waals surface area contributed by atoms with E-state index < -0.39 is 65.9 Å². The van der Waals surface area contributed by atoms with Crippen molar-refractivity contribution in [3.63, 3.8) is 0 Å². The highest BCUT2D eigenvalue weighted by molar-refractivity contribution is 6.13. The van der Waals surface area contributed by atoms with Crippen molar-refractivity contribution in [3.8, 4) is 0 Å². The highest BCUT2D eigenvalue weighted by atomic mass is 16.5.